The molecule has 15 nitrogen and oxygen atoms in total. The van der Waals surface area contributed by atoms with Gasteiger partial charge in [-0.2, -0.15) is 0 Å². The van der Waals surface area contributed by atoms with Crippen LogP contribution >= 0.6 is 0 Å². The molecule has 0 aliphatic carbocycles. The van der Waals surface area contributed by atoms with E-state index in [9.17, 15) is 33.6 Å². The molecule has 0 bridgehead atoms. The van der Waals surface area contributed by atoms with Crippen LogP contribution in [0, 0.1) is 23.7 Å². The zero-order chi connectivity index (χ0) is 39.0. The molecule has 1 aliphatic heterocycles. The highest BCUT2D eigenvalue weighted by molar-refractivity contribution is 6.03. The number of esters is 1. The van der Waals surface area contributed by atoms with Crippen LogP contribution in [0.25, 0.3) is 0 Å². The second-order valence-corrected chi connectivity index (χ2v) is 14.0. The number of ketones is 1. The Labute approximate surface area is 306 Å². The lowest BCUT2D eigenvalue weighted by atomic mass is 9.90. The number of hydrogen-bond donors (Lipinski definition) is 3. The van der Waals surface area contributed by atoms with E-state index in [-0.39, 0.29) is 107 Å². The van der Waals surface area contributed by atoms with Crippen molar-refractivity contribution in [2.45, 2.75) is 92.3 Å². The van der Waals surface area contributed by atoms with Crippen molar-refractivity contribution < 1.29 is 47.8 Å². The Bertz CT molecular complexity index is 1380. The highest BCUT2D eigenvalue weighted by Crippen LogP contribution is 2.19. The molecule has 0 aromatic heterocycles. The molecule has 2 rings (SSSR count). The Morgan fingerprint density at radius 1 is 0.942 bits per heavy atom. The number of primary amides is 1. The molecule has 1 fully saturated rings. The summed E-state index contributed by atoms with van der Waals surface area (Å²) in [7, 11) is 1.70. The summed E-state index contributed by atoms with van der Waals surface area (Å²) >= 11 is 0. The number of likely N-dealkylation sites (tertiary alicyclic amines) is 1. The van der Waals surface area contributed by atoms with Gasteiger partial charge in [0, 0.05) is 38.4 Å². The van der Waals surface area contributed by atoms with Crippen LogP contribution in [-0.2, 0) is 51.2 Å². The molecule has 0 spiro atoms. The number of carbonyl (C=O) groups is 7. The van der Waals surface area contributed by atoms with Crippen LogP contribution in [0.1, 0.15) is 78.4 Å². The molecule has 1 aliphatic rings. The summed E-state index contributed by atoms with van der Waals surface area (Å²) in [5, 5.41) is 5.30. The van der Waals surface area contributed by atoms with Gasteiger partial charge in [-0.25, -0.2) is 9.59 Å². The number of nitrogens with two attached hydrogens (primary N) is 1. The summed E-state index contributed by atoms with van der Waals surface area (Å²) in [6.07, 6.45) is 0.137. The first-order valence-corrected chi connectivity index (χ1v) is 17.9. The van der Waals surface area contributed by atoms with E-state index in [4.69, 9.17) is 19.9 Å². The van der Waals surface area contributed by atoms with Crippen molar-refractivity contribution in [1.29, 1.82) is 0 Å². The fourth-order valence-electron chi connectivity index (χ4n) is 5.47. The maximum atomic E-state index is 13.5. The van der Waals surface area contributed by atoms with Crippen molar-refractivity contribution in [2.24, 2.45) is 29.4 Å². The van der Waals surface area contributed by atoms with Crippen molar-refractivity contribution in [3.8, 4) is 0 Å². The number of amides is 6. The van der Waals surface area contributed by atoms with Gasteiger partial charge in [-0.1, -0.05) is 58.9 Å². The summed E-state index contributed by atoms with van der Waals surface area (Å²) in [5.74, 6) is -2.92. The molecule has 1 aromatic carbocycles. The SMILES string of the molecule is CC1CC(=O)N(CCOCCOC(=O)C[C@H](C(=O)N[C@@H](CCCNC(N)=O)C(=O)Cc2ccc(COC(=O)N(C)C(C)C(C)C)cc2)C(C)C)C1=O. The molecule has 4 N–H and O–H groups in total. The zero-order valence-corrected chi connectivity index (χ0v) is 31.6. The van der Waals surface area contributed by atoms with Crippen LogP contribution in [0.4, 0.5) is 9.59 Å². The molecule has 6 amide bonds. The largest absolute Gasteiger partial charge is 0.463 e. The molecule has 0 saturated carbocycles. The van der Waals surface area contributed by atoms with Crippen molar-refractivity contribution in [3.63, 3.8) is 0 Å². The fraction of sp³-hybridized carbons (Fsp3) is 0.649. The molecule has 0 radical (unpaired) electrons. The van der Waals surface area contributed by atoms with E-state index in [1.165, 1.54) is 4.90 Å². The second kappa shape index (κ2) is 21.7. The number of urea groups is 1. The average Bonchev–Trinajstić information content (AvgIpc) is 3.33. The van der Waals surface area contributed by atoms with Crippen LogP contribution in [0.3, 0.4) is 0 Å². The summed E-state index contributed by atoms with van der Waals surface area (Å²) in [6, 6.07) is 5.48. The first-order valence-electron chi connectivity index (χ1n) is 17.9. The Hall–Kier alpha value is -4.53. The molecule has 290 valence electrons. The van der Waals surface area contributed by atoms with Gasteiger partial charge in [-0.05, 0) is 42.7 Å². The Morgan fingerprint density at radius 2 is 1.60 bits per heavy atom. The zero-order valence-electron chi connectivity index (χ0n) is 31.6. The number of benzene rings is 1. The summed E-state index contributed by atoms with van der Waals surface area (Å²) in [6.45, 7) is 11.8. The number of rotatable bonds is 22. The molecular weight excluding hydrogens is 674 g/mol. The molecule has 1 heterocycles. The number of ether oxygens (including phenoxy) is 3. The average molecular weight is 732 g/mol. The first kappa shape index (κ1) is 43.6. The molecule has 2 unspecified atom stereocenters. The van der Waals surface area contributed by atoms with Gasteiger partial charge < -0.3 is 35.5 Å². The molecular formula is C37H57N5O10. The fourth-order valence-corrected chi connectivity index (χ4v) is 5.47. The van der Waals surface area contributed by atoms with E-state index >= 15 is 0 Å². The molecule has 1 saturated heterocycles. The van der Waals surface area contributed by atoms with Gasteiger partial charge in [0.1, 0.15) is 13.2 Å². The van der Waals surface area contributed by atoms with Crippen LogP contribution < -0.4 is 16.4 Å². The van der Waals surface area contributed by atoms with Crippen LogP contribution in [0.5, 0.6) is 0 Å². The highest BCUT2D eigenvalue weighted by atomic mass is 16.6. The smallest absolute Gasteiger partial charge is 0.410 e. The second-order valence-electron chi connectivity index (χ2n) is 14.0. The number of hydrogen-bond acceptors (Lipinski definition) is 10. The first-order chi connectivity index (χ1) is 24.5. The number of imide groups is 1. The predicted molar refractivity (Wildman–Crippen MR) is 191 cm³/mol. The Kier molecular flexibility index (Phi) is 18.2. The third-order valence-electron chi connectivity index (χ3n) is 9.25. The van der Waals surface area contributed by atoms with Gasteiger partial charge in [-0.3, -0.25) is 28.9 Å². The maximum Gasteiger partial charge on any atom is 0.410 e. The number of nitrogens with zero attached hydrogens (tertiary/aromatic N) is 2. The minimum absolute atomic E-state index is 0.0103. The van der Waals surface area contributed by atoms with Crippen LogP contribution in [0.2, 0.25) is 0 Å². The van der Waals surface area contributed by atoms with Crippen molar-refractivity contribution in [1.82, 2.24) is 20.4 Å². The van der Waals surface area contributed by atoms with Gasteiger partial charge in [0.25, 0.3) is 0 Å². The summed E-state index contributed by atoms with van der Waals surface area (Å²) in [4.78, 5) is 89.8. The lowest BCUT2D eigenvalue weighted by Gasteiger charge is -2.27. The quantitative estimate of drug-likeness (QED) is 0.0904. The molecule has 4 atom stereocenters. The minimum Gasteiger partial charge on any atom is -0.463 e. The lowest BCUT2D eigenvalue weighted by molar-refractivity contribution is -0.149. The third-order valence-corrected chi connectivity index (χ3v) is 9.25. The van der Waals surface area contributed by atoms with Crippen molar-refractivity contribution >= 4 is 41.6 Å². The van der Waals surface area contributed by atoms with E-state index in [1.807, 2.05) is 20.8 Å². The van der Waals surface area contributed by atoms with E-state index in [0.717, 1.165) is 5.56 Å². The molecule has 1 aromatic rings. The van der Waals surface area contributed by atoms with Crippen LogP contribution in [0.15, 0.2) is 24.3 Å². The van der Waals surface area contributed by atoms with Crippen LogP contribution in [-0.4, -0.2) is 103 Å². The van der Waals surface area contributed by atoms with E-state index in [0.29, 0.717) is 12.0 Å². The van der Waals surface area contributed by atoms with Crippen molar-refractivity contribution in [2.75, 3.05) is 40.0 Å². The highest BCUT2D eigenvalue weighted by Gasteiger charge is 2.35. The van der Waals surface area contributed by atoms with E-state index in [1.54, 1.807) is 57.0 Å². The van der Waals surface area contributed by atoms with E-state index < -0.39 is 36.0 Å². The monoisotopic (exact) mass is 731 g/mol. The topological polar surface area (TPSA) is 204 Å². The standard InChI is InChI=1S/C37H57N5O10/c1-23(2)26(6)41(7)37(49)52-22-28-12-10-27(11-13-28)20-31(43)30(9-8-14-39-36(38)48)40-34(46)29(24(3)4)21-33(45)51-18-17-50-16-15-42-32(44)19-25(5)35(42)47/h10-13,23-26,29-30H,8-9,14-22H2,1-7H3,(H,40,46)(H3,38,39,48)/t25?,26?,29-,30-/m0/s1. The third kappa shape index (κ3) is 14.6. The normalized spacial score (nSPS) is 16.0. The van der Waals surface area contributed by atoms with Gasteiger partial charge in [-0.15, -0.1) is 0 Å². The summed E-state index contributed by atoms with van der Waals surface area (Å²) < 4.78 is 16.1. The predicted octanol–water partition coefficient (Wildman–Crippen LogP) is 2.96. The van der Waals surface area contributed by atoms with Gasteiger partial charge >= 0.3 is 18.1 Å². The molecule has 15 heteroatoms. The Balaban J connectivity index is 1.93. The van der Waals surface area contributed by atoms with Gasteiger partial charge in [0.2, 0.25) is 17.7 Å². The number of carbonyl (C=O) groups excluding carboxylic acids is 7. The van der Waals surface area contributed by atoms with E-state index in [2.05, 4.69) is 10.6 Å². The Morgan fingerprint density at radius 3 is 2.17 bits per heavy atom. The number of Topliss-reactive ketones (excluding diaryl/α,β-unsaturated/α-hetero) is 1. The minimum atomic E-state index is -0.899. The van der Waals surface area contributed by atoms with Gasteiger partial charge in [0.05, 0.1) is 38.1 Å². The van der Waals surface area contributed by atoms with Gasteiger partial charge in [0.15, 0.2) is 5.78 Å². The summed E-state index contributed by atoms with van der Waals surface area (Å²) in [5.41, 5.74) is 6.61. The lowest BCUT2D eigenvalue weighted by Crippen LogP contribution is -2.46. The number of nitrogens with one attached hydrogen (secondary N) is 2. The molecule has 52 heavy (non-hydrogen) atoms. The maximum absolute atomic E-state index is 13.5. The van der Waals surface area contributed by atoms with Crippen molar-refractivity contribution in [3.05, 3.63) is 35.4 Å².